The van der Waals surface area contributed by atoms with Crippen molar-refractivity contribution in [2.24, 2.45) is 0 Å². The Labute approximate surface area is 104 Å². The highest BCUT2D eigenvalue weighted by Crippen LogP contribution is 2.13. The summed E-state index contributed by atoms with van der Waals surface area (Å²) in [6, 6.07) is 6.01. The van der Waals surface area contributed by atoms with E-state index in [0.717, 1.165) is 11.4 Å². The maximum absolute atomic E-state index is 13.2. The first-order valence-electron chi connectivity index (χ1n) is 5.50. The average molecular weight is 248 g/mol. The number of nitrogens with zero attached hydrogens (tertiary/aromatic N) is 2. The van der Waals surface area contributed by atoms with Gasteiger partial charge in [-0.05, 0) is 37.6 Å². The van der Waals surface area contributed by atoms with Gasteiger partial charge in [-0.15, -0.1) is 0 Å². The summed E-state index contributed by atoms with van der Waals surface area (Å²) in [4.78, 5) is 10.8. The van der Waals surface area contributed by atoms with Gasteiger partial charge in [0.2, 0.25) is 0 Å². The van der Waals surface area contributed by atoms with Crippen molar-refractivity contribution < 1.29 is 14.3 Å². The molecule has 94 valence electrons. The van der Waals surface area contributed by atoms with Gasteiger partial charge < -0.3 is 5.11 Å². The van der Waals surface area contributed by atoms with E-state index >= 15 is 0 Å². The molecule has 1 N–H and O–H groups in total. The predicted octanol–water partition coefficient (Wildman–Crippen LogP) is 2.39. The molecule has 2 rings (SSSR count). The highest BCUT2D eigenvalue weighted by atomic mass is 19.1. The summed E-state index contributed by atoms with van der Waals surface area (Å²) in [6.45, 7) is 4.23. The minimum absolute atomic E-state index is 0.311. The highest BCUT2D eigenvalue weighted by molar-refractivity contribution is 5.88. The number of hydrogen-bond donors (Lipinski definition) is 1. The fourth-order valence-electron chi connectivity index (χ4n) is 1.84. The molecule has 18 heavy (non-hydrogen) atoms. The standard InChI is InChI=1S/C13H13FN2O2/c1-8-5-9(2)16(15-8)7-10-3-4-12(14)11(6-10)13(17)18/h3-6H,7H2,1-2H3,(H,17,18). The second-order valence-corrected chi connectivity index (χ2v) is 4.20. The molecular formula is C13H13FN2O2. The minimum atomic E-state index is -1.26. The van der Waals surface area contributed by atoms with Crippen molar-refractivity contribution in [3.8, 4) is 0 Å². The zero-order valence-electron chi connectivity index (χ0n) is 10.1. The Hall–Kier alpha value is -2.17. The summed E-state index contributed by atoms with van der Waals surface area (Å²) in [5.41, 5.74) is 2.27. The molecule has 1 aromatic heterocycles. The molecule has 0 radical (unpaired) electrons. The number of halogens is 1. The van der Waals surface area contributed by atoms with Gasteiger partial charge in [0, 0.05) is 5.69 Å². The lowest BCUT2D eigenvalue weighted by Crippen LogP contribution is -2.07. The Morgan fingerprint density at radius 2 is 2.11 bits per heavy atom. The third-order valence-electron chi connectivity index (χ3n) is 2.70. The van der Waals surface area contributed by atoms with E-state index in [1.165, 1.54) is 12.1 Å². The molecule has 0 bridgehead atoms. The summed E-state index contributed by atoms with van der Waals surface area (Å²) < 4.78 is 15.0. The topological polar surface area (TPSA) is 55.1 Å². The van der Waals surface area contributed by atoms with Crippen LogP contribution in [0.15, 0.2) is 24.3 Å². The van der Waals surface area contributed by atoms with Crippen LogP contribution in [0.2, 0.25) is 0 Å². The van der Waals surface area contributed by atoms with E-state index in [1.807, 2.05) is 19.9 Å². The number of carboxylic acid groups (broad SMARTS) is 1. The van der Waals surface area contributed by atoms with Crippen LogP contribution in [0, 0.1) is 19.7 Å². The average Bonchev–Trinajstić information content (AvgIpc) is 2.60. The van der Waals surface area contributed by atoms with Crippen LogP contribution in [0.1, 0.15) is 27.3 Å². The number of carboxylic acids is 1. The van der Waals surface area contributed by atoms with Crippen LogP contribution in [-0.2, 0) is 6.54 Å². The molecule has 5 heteroatoms. The first kappa shape index (κ1) is 12.3. The van der Waals surface area contributed by atoms with Crippen molar-refractivity contribution in [1.29, 1.82) is 0 Å². The van der Waals surface area contributed by atoms with Crippen molar-refractivity contribution in [2.45, 2.75) is 20.4 Å². The number of aryl methyl sites for hydroxylation is 2. The first-order chi connectivity index (χ1) is 8.47. The second-order valence-electron chi connectivity index (χ2n) is 4.20. The van der Waals surface area contributed by atoms with Gasteiger partial charge >= 0.3 is 5.97 Å². The van der Waals surface area contributed by atoms with Crippen molar-refractivity contribution in [3.05, 3.63) is 52.6 Å². The molecule has 4 nitrogen and oxygen atoms in total. The van der Waals surface area contributed by atoms with Crippen LogP contribution in [-0.4, -0.2) is 20.9 Å². The number of rotatable bonds is 3. The summed E-state index contributed by atoms with van der Waals surface area (Å²) in [7, 11) is 0. The van der Waals surface area contributed by atoms with Gasteiger partial charge in [-0.25, -0.2) is 9.18 Å². The number of hydrogen-bond acceptors (Lipinski definition) is 2. The van der Waals surface area contributed by atoms with E-state index in [2.05, 4.69) is 5.10 Å². The predicted molar refractivity (Wildman–Crippen MR) is 64.2 cm³/mol. The summed E-state index contributed by atoms with van der Waals surface area (Å²) >= 11 is 0. The normalized spacial score (nSPS) is 10.6. The van der Waals surface area contributed by atoms with Gasteiger partial charge in [0.25, 0.3) is 0 Å². The molecular weight excluding hydrogens is 235 g/mol. The minimum Gasteiger partial charge on any atom is -0.478 e. The van der Waals surface area contributed by atoms with E-state index in [0.29, 0.717) is 12.1 Å². The maximum Gasteiger partial charge on any atom is 0.338 e. The molecule has 0 unspecified atom stereocenters. The number of carbonyl (C=O) groups is 1. The molecule has 0 atom stereocenters. The summed E-state index contributed by atoms with van der Waals surface area (Å²) in [5, 5.41) is 13.1. The van der Waals surface area contributed by atoms with E-state index in [4.69, 9.17) is 5.11 Å². The van der Waals surface area contributed by atoms with Crippen molar-refractivity contribution in [2.75, 3.05) is 0 Å². The van der Waals surface area contributed by atoms with Crippen LogP contribution in [0.4, 0.5) is 4.39 Å². The number of aromatic carboxylic acids is 1. The number of benzene rings is 1. The van der Waals surface area contributed by atoms with Crippen LogP contribution in [0.5, 0.6) is 0 Å². The monoisotopic (exact) mass is 248 g/mol. The maximum atomic E-state index is 13.2. The molecule has 0 saturated heterocycles. The van der Waals surface area contributed by atoms with Crippen molar-refractivity contribution in [1.82, 2.24) is 9.78 Å². The van der Waals surface area contributed by atoms with Crippen LogP contribution in [0.3, 0.4) is 0 Å². The van der Waals surface area contributed by atoms with Gasteiger partial charge in [-0.3, -0.25) is 4.68 Å². The van der Waals surface area contributed by atoms with Gasteiger partial charge in [-0.1, -0.05) is 6.07 Å². The molecule has 0 aliphatic rings. The molecule has 0 spiro atoms. The second kappa shape index (κ2) is 4.60. The van der Waals surface area contributed by atoms with Crippen LogP contribution >= 0.6 is 0 Å². The summed E-state index contributed by atoms with van der Waals surface area (Å²) in [5.74, 6) is -1.98. The first-order valence-corrected chi connectivity index (χ1v) is 5.50. The van der Waals surface area contributed by atoms with E-state index in [-0.39, 0.29) is 5.56 Å². The van der Waals surface area contributed by atoms with Crippen LogP contribution in [0.25, 0.3) is 0 Å². The quantitative estimate of drug-likeness (QED) is 0.907. The fourth-order valence-corrected chi connectivity index (χ4v) is 1.84. The van der Waals surface area contributed by atoms with Crippen molar-refractivity contribution in [3.63, 3.8) is 0 Å². The highest BCUT2D eigenvalue weighted by Gasteiger charge is 2.11. The van der Waals surface area contributed by atoms with E-state index in [1.54, 1.807) is 10.7 Å². The third kappa shape index (κ3) is 2.40. The smallest absolute Gasteiger partial charge is 0.338 e. The molecule has 1 aromatic carbocycles. The Morgan fingerprint density at radius 1 is 1.39 bits per heavy atom. The molecule has 1 heterocycles. The Balaban J connectivity index is 2.32. The van der Waals surface area contributed by atoms with Crippen molar-refractivity contribution >= 4 is 5.97 Å². The fraction of sp³-hybridized carbons (Fsp3) is 0.231. The zero-order chi connectivity index (χ0) is 13.3. The Morgan fingerprint density at radius 3 is 2.67 bits per heavy atom. The Kier molecular flexibility index (Phi) is 3.14. The van der Waals surface area contributed by atoms with Crippen LogP contribution < -0.4 is 0 Å². The van der Waals surface area contributed by atoms with E-state index in [9.17, 15) is 9.18 Å². The molecule has 0 amide bonds. The molecule has 0 fully saturated rings. The number of aromatic nitrogens is 2. The zero-order valence-corrected chi connectivity index (χ0v) is 10.1. The Bertz CT molecular complexity index is 605. The SMILES string of the molecule is Cc1cc(C)n(Cc2ccc(F)c(C(=O)O)c2)n1. The molecule has 0 aliphatic carbocycles. The summed E-state index contributed by atoms with van der Waals surface area (Å²) in [6.07, 6.45) is 0. The van der Waals surface area contributed by atoms with Gasteiger partial charge in [-0.2, -0.15) is 5.10 Å². The van der Waals surface area contributed by atoms with E-state index < -0.39 is 11.8 Å². The lowest BCUT2D eigenvalue weighted by molar-refractivity contribution is 0.0691. The van der Waals surface area contributed by atoms with Gasteiger partial charge in [0.1, 0.15) is 5.82 Å². The molecule has 0 saturated carbocycles. The largest absolute Gasteiger partial charge is 0.478 e. The van der Waals surface area contributed by atoms with Gasteiger partial charge in [0.05, 0.1) is 17.8 Å². The third-order valence-corrected chi connectivity index (χ3v) is 2.70. The van der Waals surface area contributed by atoms with Gasteiger partial charge in [0.15, 0.2) is 0 Å². The molecule has 2 aromatic rings. The lowest BCUT2D eigenvalue weighted by atomic mass is 10.1. The molecule has 0 aliphatic heterocycles. The lowest BCUT2D eigenvalue weighted by Gasteiger charge is -2.06.